The molecule has 4 nitrogen and oxygen atoms in total. The maximum atomic E-state index is 12.8. The lowest BCUT2D eigenvalue weighted by Crippen LogP contribution is -2.38. The molecule has 0 saturated heterocycles. The van der Waals surface area contributed by atoms with Crippen LogP contribution in [-0.2, 0) is 24.3 Å². The summed E-state index contributed by atoms with van der Waals surface area (Å²) < 4.78 is 1.87. The van der Waals surface area contributed by atoms with E-state index >= 15 is 0 Å². The van der Waals surface area contributed by atoms with E-state index in [1.54, 1.807) is 12.3 Å². The number of rotatable bonds is 2. The highest BCUT2D eigenvalue weighted by Crippen LogP contribution is 2.19. The standard InChI is InChI=1S/C21H20N2O2/c1-15-6-7-19-18(12-15)20(24)9-11-22(19)14-21(25)23-10-8-16-4-2-3-5-17(16)13-23/h2-7,9,11-12H,8,10,13-14H2,1H3. The highest BCUT2D eigenvalue weighted by molar-refractivity contribution is 5.82. The van der Waals surface area contributed by atoms with Crippen LogP contribution in [0.3, 0.4) is 0 Å². The molecule has 25 heavy (non-hydrogen) atoms. The fourth-order valence-electron chi connectivity index (χ4n) is 3.52. The molecule has 1 aliphatic heterocycles. The molecule has 0 atom stereocenters. The van der Waals surface area contributed by atoms with Crippen LogP contribution in [-0.4, -0.2) is 21.9 Å². The fraction of sp³-hybridized carbons (Fsp3) is 0.238. The Morgan fingerprint density at radius 1 is 1.08 bits per heavy atom. The van der Waals surface area contributed by atoms with E-state index in [9.17, 15) is 9.59 Å². The van der Waals surface area contributed by atoms with Gasteiger partial charge in [0.25, 0.3) is 0 Å². The minimum absolute atomic E-state index is 0.00528. The van der Waals surface area contributed by atoms with Crippen molar-refractivity contribution in [1.29, 1.82) is 0 Å². The first-order chi connectivity index (χ1) is 12.1. The van der Waals surface area contributed by atoms with Crippen molar-refractivity contribution in [2.45, 2.75) is 26.4 Å². The van der Waals surface area contributed by atoms with Crippen molar-refractivity contribution < 1.29 is 4.79 Å². The van der Waals surface area contributed by atoms with Crippen LogP contribution in [0.4, 0.5) is 0 Å². The summed E-state index contributed by atoms with van der Waals surface area (Å²) in [5, 5.41) is 0.666. The number of benzene rings is 2. The number of carbonyl (C=O) groups excluding carboxylic acids is 1. The predicted molar refractivity (Wildman–Crippen MR) is 98.5 cm³/mol. The predicted octanol–water partition coefficient (Wildman–Crippen LogP) is 2.89. The van der Waals surface area contributed by atoms with Gasteiger partial charge in [-0.05, 0) is 36.6 Å². The van der Waals surface area contributed by atoms with Gasteiger partial charge in [0.15, 0.2) is 5.43 Å². The molecule has 1 amide bonds. The molecule has 4 rings (SSSR count). The number of aryl methyl sites for hydroxylation is 1. The van der Waals surface area contributed by atoms with Crippen LogP contribution < -0.4 is 5.43 Å². The van der Waals surface area contributed by atoms with Gasteiger partial charge in [0.2, 0.25) is 5.91 Å². The van der Waals surface area contributed by atoms with E-state index in [0.717, 1.165) is 24.0 Å². The van der Waals surface area contributed by atoms with Gasteiger partial charge in [-0.25, -0.2) is 0 Å². The summed E-state index contributed by atoms with van der Waals surface area (Å²) in [7, 11) is 0. The van der Waals surface area contributed by atoms with Crippen molar-refractivity contribution in [3.05, 3.63) is 81.6 Å². The number of nitrogens with zero attached hydrogens (tertiary/aromatic N) is 2. The third-order valence-corrected chi connectivity index (χ3v) is 4.92. The Bertz CT molecular complexity index is 1020. The Morgan fingerprint density at radius 2 is 1.88 bits per heavy atom. The molecule has 1 aliphatic rings. The maximum Gasteiger partial charge on any atom is 0.242 e. The quantitative estimate of drug-likeness (QED) is 0.724. The Hall–Kier alpha value is -2.88. The number of hydrogen-bond donors (Lipinski definition) is 0. The molecule has 0 N–H and O–H groups in total. The molecule has 0 saturated carbocycles. The largest absolute Gasteiger partial charge is 0.338 e. The third-order valence-electron chi connectivity index (χ3n) is 4.92. The van der Waals surface area contributed by atoms with Crippen molar-refractivity contribution in [2.75, 3.05) is 6.54 Å². The van der Waals surface area contributed by atoms with Gasteiger partial charge in [0.05, 0.1) is 5.52 Å². The number of fused-ring (bicyclic) bond motifs is 2. The van der Waals surface area contributed by atoms with Gasteiger partial charge in [-0.15, -0.1) is 0 Å². The molecule has 0 radical (unpaired) electrons. The van der Waals surface area contributed by atoms with E-state index in [4.69, 9.17) is 0 Å². The van der Waals surface area contributed by atoms with Crippen LogP contribution in [0.2, 0.25) is 0 Å². The first kappa shape index (κ1) is 15.6. The molecule has 0 spiro atoms. The summed E-state index contributed by atoms with van der Waals surface area (Å²) in [6.07, 6.45) is 2.61. The van der Waals surface area contributed by atoms with Gasteiger partial charge in [0, 0.05) is 30.7 Å². The smallest absolute Gasteiger partial charge is 0.242 e. The molecule has 0 aliphatic carbocycles. The Kier molecular flexibility index (Phi) is 3.88. The van der Waals surface area contributed by atoms with Crippen molar-refractivity contribution in [1.82, 2.24) is 9.47 Å². The average Bonchev–Trinajstić information content (AvgIpc) is 2.63. The normalized spacial score (nSPS) is 13.7. The van der Waals surface area contributed by atoms with Gasteiger partial charge in [0.1, 0.15) is 6.54 Å². The van der Waals surface area contributed by atoms with Gasteiger partial charge in [-0.3, -0.25) is 9.59 Å². The van der Waals surface area contributed by atoms with Gasteiger partial charge in [-0.2, -0.15) is 0 Å². The molecular formula is C21H20N2O2. The van der Waals surface area contributed by atoms with Crippen LogP contribution >= 0.6 is 0 Å². The number of pyridine rings is 1. The van der Waals surface area contributed by atoms with Crippen molar-refractivity contribution >= 4 is 16.8 Å². The minimum Gasteiger partial charge on any atom is -0.338 e. The van der Waals surface area contributed by atoms with Crippen molar-refractivity contribution in [3.8, 4) is 0 Å². The number of hydrogen-bond acceptors (Lipinski definition) is 2. The minimum atomic E-state index is -0.00528. The highest BCUT2D eigenvalue weighted by Gasteiger charge is 2.20. The first-order valence-electron chi connectivity index (χ1n) is 8.56. The topological polar surface area (TPSA) is 42.3 Å². The molecule has 4 heteroatoms. The number of amides is 1. The molecule has 126 valence electrons. The molecule has 1 aromatic heterocycles. The zero-order valence-electron chi connectivity index (χ0n) is 14.2. The van der Waals surface area contributed by atoms with Crippen molar-refractivity contribution in [2.24, 2.45) is 0 Å². The summed E-state index contributed by atoms with van der Waals surface area (Å²) in [6, 6.07) is 15.6. The van der Waals surface area contributed by atoms with Gasteiger partial charge in [-0.1, -0.05) is 35.9 Å². The van der Waals surface area contributed by atoms with Gasteiger partial charge >= 0.3 is 0 Å². The number of aromatic nitrogens is 1. The summed E-state index contributed by atoms with van der Waals surface area (Å²) in [5.74, 6) is 0.0834. The molecular weight excluding hydrogens is 312 g/mol. The lowest BCUT2D eigenvalue weighted by molar-refractivity contribution is -0.132. The summed E-state index contributed by atoms with van der Waals surface area (Å²) >= 11 is 0. The molecule has 2 heterocycles. The van der Waals surface area contributed by atoms with Crippen molar-refractivity contribution in [3.63, 3.8) is 0 Å². The number of carbonyl (C=O) groups is 1. The van der Waals surface area contributed by atoms with Crippen LogP contribution in [0.1, 0.15) is 16.7 Å². The van der Waals surface area contributed by atoms with Crippen LogP contribution in [0.25, 0.3) is 10.9 Å². The van der Waals surface area contributed by atoms with E-state index in [1.165, 1.54) is 11.1 Å². The Labute approximate surface area is 146 Å². The van der Waals surface area contributed by atoms with E-state index in [1.807, 2.05) is 46.7 Å². The summed E-state index contributed by atoms with van der Waals surface area (Å²) in [5.41, 5.74) is 4.40. The van der Waals surface area contributed by atoms with Crippen LogP contribution in [0.15, 0.2) is 59.5 Å². The van der Waals surface area contributed by atoms with E-state index in [2.05, 4.69) is 12.1 Å². The van der Waals surface area contributed by atoms with Crippen LogP contribution in [0.5, 0.6) is 0 Å². The monoisotopic (exact) mass is 332 g/mol. The summed E-state index contributed by atoms with van der Waals surface area (Å²) in [4.78, 5) is 26.8. The molecule has 0 unspecified atom stereocenters. The zero-order chi connectivity index (χ0) is 17.4. The lowest BCUT2D eigenvalue weighted by Gasteiger charge is -2.29. The van der Waals surface area contributed by atoms with E-state index in [0.29, 0.717) is 11.9 Å². The molecule has 0 fully saturated rings. The molecule has 0 bridgehead atoms. The van der Waals surface area contributed by atoms with E-state index < -0.39 is 0 Å². The third kappa shape index (κ3) is 2.95. The Morgan fingerprint density at radius 3 is 2.72 bits per heavy atom. The fourth-order valence-corrected chi connectivity index (χ4v) is 3.52. The second kappa shape index (κ2) is 6.20. The maximum absolute atomic E-state index is 12.8. The second-order valence-electron chi connectivity index (χ2n) is 6.66. The first-order valence-corrected chi connectivity index (χ1v) is 8.56. The van der Waals surface area contributed by atoms with E-state index in [-0.39, 0.29) is 17.9 Å². The van der Waals surface area contributed by atoms with Gasteiger partial charge < -0.3 is 9.47 Å². The second-order valence-corrected chi connectivity index (χ2v) is 6.66. The molecule has 3 aromatic rings. The zero-order valence-corrected chi connectivity index (χ0v) is 14.2. The average molecular weight is 332 g/mol. The summed E-state index contributed by atoms with van der Waals surface area (Å²) in [6.45, 7) is 3.62. The molecule has 2 aromatic carbocycles. The SMILES string of the molecule is Cc1ccc2c(c1)c(=O)ccn2CC(=O)N1CCc2ccccc2C1. The van der Waals surface area contributed by atoms with Crippen LogP contribution in [0, 0.1) is 6.92 Å². The lowest BCUT2D eigenvalue weighted by atomic mass is 10.00. The Balaban J connectivity index is 1.61. The highest BCUT2D eigenvalue weighted by atomic mass is 16.2.